The molecule has 0 fully saturated rings. The van der Waals surface area contributed by atoms with Crippen LogP contribution in [0.2, 0.25) is 0 Å². The van der Waals surface area contributed by atoms with Crippen molar-refractivity contribution >= 4 is 6.03 Å². The highest BCUT2D eigenvalue weighted by Crippen LogP contribution is 2.13. The van der Waals surface area contributed by atoms with Gasteiger partial charge in [-0.2, -0.15) is 0 Å². The van der Waals surface area contributed by atoms with Crippen LogP contribution in [-0.2, 0) is 6.54 Å². The second-order valence-electron chi connectivity index (χ2n) is 5.47. The fraction of sp³-hybridized carbons (Fsp3) is 0.438. The van der Waals surface area contributed by atoms with E-state index in [4.69, 9.17) is 0 Å². The highest BCUT2D eigenvalue weighted by Gasteiger charge is 2.15. The zero-order valence-corrected chi connectivity index (χ0v) is 12.5. The third-order valence-electron chi connectivity index (χ3n) is 3.72. The van der Waals surface area contributed by atoms with Gasteiger partial charge in [0, 0.05) is 25.7 Å². The SMILES string of the molecule is C[C@H](NC(=O)NCc1ccc(F)cc1)C1=CCN(C)CC1. The number of urea groups is 1. The molecule has 1 aliphatic rings. The Labute approximate surface area is 125 Å². The summed E-state index contributed by atoms with van der Waals surface area (Å²) in [6.45, 7) is 4.34. The quantitative estimate of drug-likeness (QED) is 0.836. The van der Waals surface area contributed by atoms with Crippen LogP contribution < -0.4 is 10.6 Å². The van der Waals surface area contributed by atoms with Gasteiger partial charge in [0.05, 0.1) is 0 Å². The molecule has 0 spiro atoms. The minimum absolute atomic E-state index is 0.0342. The average molecular weight is 291 g/mol. The molecule has 0 unspecified atom stereocenters. The second-order valence-corrected chi connectivity index (χ2v) is 5.47. The van der Waals surface area contributed by atoms with Crippen molar-refractivity contribution in [2.75, 3.05) is 20.1 Å². The zero-order chi connectivity index (χ0) is 15.2. The molecule has 2 amide bonds. The number of benzene rings is 1. The first-order valence-corrected chi connectivity index (χ1v) is 7.21. The van der Waals surface area contributed by atoms with E-state index >= 15 is 0 Å². The maximum atomic E-state index is 12.8. The van der Waals surface area contributed by atoms with Gasteiger partial charge in [-0.05, 0) is 43.7 Å². The lowest BCUT2D eigenvalue weighted by atomic mass is 10.0. The second kappa shape index (κ2) is 7.22. The molecule has 1 heterocycles. The molecular weight excluding hydrogens is 269 g/mol. The third-order valence-corrected chi connectivity index (χ3v) is 3.72. The van der Waals surface area contributed by atoms with Crippen molar-refractivity contribution in [3.05, 3.63) is 47.3 Å². The van der Waals surface area contributed by atoms with Gasteiger partial charge < -0.3 is 15.5 Å². The van der Waals surface area contributed by atoms with Gasteiger partial charge in [-0.25, -0.2) is 9.18 Å². The standard InChI is InChI=1S/C16H22FN3O/c1-12(14-7-9-20(2)10-8-14)19-16(21)18-11-13-3-5-15(17)6-4-13/h3-7,12H,8-11H2,1-2H3,(H2,18,19,21)/t12-/m0/s1. The van der Waals surface area contributed by atoms with E-state index in [9.17, 15) is 9.18 Å². The number of carbonyl (C=O) groups excluding carboxylic acids is 1. The zero-order valence-electron chi connectivity index (χ0n) is 12.5. The highest BCUT2D eigenvalue weighted by molar-refractivity contribution is 5.74. The Bertz CT molecular complexity index is 513. The van der Waals surface area contributed by atoms with Crippen LogP contribution in [-0.4, -0.2) is 37.1 Å². The minimum atomic E-state index is -0.272. The summed E-state index contributed by atoms with van der Waals surface area (Å²) in [6, 6.07) is 5.94. The molecule has 0 saturated heterocycles. The molecule has 1 aromatic rings. The number of halogens is 1. The Hall–Kier alpha value is -1.88. The summed E-state index contributed by atoms with van der Waals surface area (Å²) in [5, 5.41) is 5.72. The molecule has 1 aromatic carbocycles. The molecule has 4 nitrogen and oxygen atoms in total. The van der Waals surface area contributed by atoms with Crippen LogP contribution in [0.25, 0.3) is 0 Å². The molecule has 2 rings (SSSR count). The van der Waals surface area contributed by atoms with Crippen LogP contribution >= 0.6 is 0 Å². The highest BCUT2D eigenvalue weighted by atomic mass is 19.1. The van der Waals surface area contributed by atoms with E-state index in [2.05, 4.69) is 28.7 Å². The van der Waals surface area contributed by atoms with Crippen molar-refractivity contribution in [3.8, 4) is 0 Å². The normalized spacial score (nSPS) is 17.0. The summed E-state index contributed by atoms with van der Waals surface area (Å²) < 4.78 is 12.8. The number of nitrogens with zero attached hydrogens (tertiary/aromatic N) is 1. The summed E-state index contributed by atoms with van der Waals surface area (Å²) in [7, 11) is 2.08. The largest absolute Gasteiger partial charge is 0.334 e. The monoisotopic (exact) mass is 291 g/mol. The molecule has 114 valence electrons. The number of rotatable bonds is 4. The topological polar surface area (TPSA) is 44.4 Å². The first-order valence-electron chi connectivity index (χ1n) is 7.21. The lowest BCUT2D eigenvalue weighted by Gasteiger charge is -2.26. The predicted octanol–water partition coefficient (Wildman–Crippen LogP) is 2.28. The van der Waals surface area contributed by atoms with Gasteiger partial charge in [-0.15, -0.1) is 0 Å². The number of nitrogens with one attached hydrogen (secondary N) is 2. The third kappa shape index (κ3) is 4.86. The molecule has 0 aliphatic carbocycles. The van der Waals surface area contributed by atoms with E-state index in [-0.39, 0.29) is 17.9 Å². The summed E-state index contributed by atoms with van der Waals surface area (Å²) in [6.07, 6.45) is 3.16. The van der Waals surface area contributed by atoms with Crippen molar-refractivity contribution in [2.45, 2.75) is 25.9 Å². The van der Waals surface area contributed by atoms with Gasteiger partial charge in [0.25, 0.3) is 0 Å². The first-order chi connectivity index (χ1) is 10.0. The average Bonchev–Trinajstić information content (AvgIpc) is 2.47. The maximum absolute atomic E-state index is 12.8. The Kier molecular flexibility index (Phi) is 5.33. The lowest BCUT2D eigenvalue weighted by Crippen LogP contribution is -2.42. The van der Waals surface area contributed by atoms with Crippen LogP contribution in [0.3, 0.4) is 0 Å². The smallest absolute Gasteiger partial charge is 0.315 e. The lowest BCUT2D eigenvalue weighted by molar-refractivity contribution is 0.238. The Morgan fingerprint density at radius 3 is 2.71 bits per heavy atom. The summed E-state index contributed by atoms with van der Waals surface area (Å²) in [5.74, 6) is -0.272. The molecular formula is C16H22FN3O. The molecule has 0 saturated carbocycles. The molecule has 1 aliphatic heterocycles. The van der Waals surface area contributed by atoms with Crippen LogP contribution in [0.15, 0.2) is 35.9 Å². The number of amides is 2. The number of carbonyl (C=O) groups is 1. The minimum Gasteiger partial charge on any atom is -0.334 e. The van der Waals surface area contributed by atoms with Gasteiger partial charge in [0.15, 0.2) is 0 Å². The maximum Gasteiger partial charge on any atom is 0.315 e. The molecule has 0 bridgehead atoms. The van der Waals surface area contributed by atoms with Crippen LogP contribution in [0.4, 0.5) is 9.18 Å². The van der Waals surface area contributed by atoms with Crippen LogP contribution in [0, 0.1) is 5.82 Å². The molecule has 0 aromatic heterocycles. The van der Waals surface area contributed by atoms with Crippen molar-refractivity contribution in [1.29, 1.82) is 0 Å². The van der Waals surface area contributed by atoms with Crippen molar-refractivity contribution < 1.29 is 9.18 Å². The van der Waals surface area contributed by atoms with Gasteiger partial charge >= 0.3 is 6.03 Å². The van der Waals surface area contributed by atoms with E-state index in [0.29, 0.717) is 6.54 Å². The molecule has 21 heavy (non-hydrogen) atoms. The fourth-order valence-electron chi connectivity index (χ4n) is 2.30. The molecule has 2 N–H and O–H groups in total. The van der Waals surface area contributed by atoms with E-state index in [1.54, 1.807) is 12.1 Å². The Morgan fingerprint density at radius 1 is 1.38 bits per heavy atom. The van der Waals surface area contributed by atoms with Gasteiger partial charge in [0.1, 0.15) is 5.82 Å². The predicted molar refractivity (Wildman–Crippen MR) is 81.4 cm³/mol. The van der Waals surface area contributed by atoms with Crippen molar-refractivity contribution in [1.82, 2.24) is 15.5 Å². The van der Waals surface area contributed by atoms with Gasteiger partial charge in [-0.3, -0.25) is 0 Å². The van der Waals surface area contributed by atoms with E-state index < -0.39 is 0 Å². The molecule has 5 heteroatoms. The number of likely N-dealkylation sites (N-methyl/N-ethyl adjacent to an activating group) is 1. The van der Waals surface area contributed by atoms with E-state index in [1.807, 2.05) is 6.92 Å². The molecule has 1 atom stereocenters. The number of hydrogen-bond donors (Lipinski definition) is 2. The van der Waals surface area contributed by atoms with E-state index in [0.717, 1.165) is 25.1 Å². The summed E-state index contributed by atoms with van der Waals surface area (Å²) in [5.41, 5.74) is 2.14. The van der Waals surface area contributed by atoms with E-state index in [1.165, 1.54) is 17.7 Å². The van der Waals surface area contributed by atoms with Crippen LogP contribution in [0.1, 0.15) is 18.9 Å². The summed E-state index contributed by atoms with van der Waals surface area (Å²) in [4.78, 5) is 14.1. The van der Waals surface area contributed by atoms with Crippen LogP contribution in [0.5, 0.6) is 0 Å². The summed E-state index contributed by atoms with van der Waals surface area (Å²) >= 11 is 0. The fourth-order valence-corrected chi connectivity index (χ4v) is 2.30. The van der Waals surface area contributed by atoms with Gasteiger partial charge in [0.2, 0.25) is 0 Å². The van der Waals surface area contributed by atoms with Crippen molar-refractivity contribution in [3.63, 3.8) is 0 Å². The molecule has 0 radical (unpaired) electrons. The van der Waals surface area contributed by atoms with Gasteiger partial charge in [-0.1, -0.05) is 18.2 Å². The Morgan fingerprint density at radius 2 is 2.10 bits per heavy atom. The first kappa shape index (κ1) is 15.5. The number of hydrogen-bond acceptors (Lipinski definition) is 2. The Balaban J connectivity index is 1.77. The van der Waals surface area contributed by atoms with Crippen molar-refractivity contribution in [2.24, 2.45) is 0 Å².